The summed E-state index contributed by atoms with van der Waals surface area (Å²) in [7, 11) is -2.05. The molecule has 0 amide bonds. The molecule has 0 N–H and O–H groups in total. The summed E-state index contributed by atoms with van der Waals surface area (Å²) in [6.07, 6.45) is 0. The van der Waals surface area contributed by atoms with Gasteiger partial charge in [-0.3, -0.25) is 9.13 Å². The summed E-state index contributed by atoms with van der Waals surface area (Å²) in [5.74, 6) is 1.61. The molecule has 390 valence electrons. The molecule has 17 rings (SSSR count). The molecule has 0 fully saturated rings. The van der Waals surface area contributed by atoms with Crippen LogP contribution in [0, 0.1) is 0 Å². The van der Waals surface area contributed by atoms with E-state index in [1.165, 1.54) is 41.1 Å². The zero-order chi connectivity index (χ0) is 54.6. The Bertz CT molecular complexity index is 4950. The van der Waals surface area contributed by atoms with Crippen LogP contribution in [0.25, 0.3) is 122 Å². The van der Waals surface area contributed by atoms with Crippen LogP contribution in [0.1, 0.15) is 0 Å². The molecule has 0 unspecified atom stereocenters. The molecule has 5 aromatic heterocycles. The van der Waals surface area contributed by atoms with Crippen molar-refractivity contribution < 1.29 is 0 Å². The van der Waals surface area contributed by atoms with Gasteiger partial charge in [0.25, 0.3) is 0 Å². The maximum atomic E-state index is 5.67. The topological polar surface area (TPSA) is 58.4 Å². The molecule has 17 aromatic rings. The molecule has 0 aliphatic rings. The molecule has 0 spiro atoms. The second kappa shape index (κ2) is 18.6. The maximum absolute atomic E-state index is 5.67. The van der Waals surface area contributed by atoms with E-state index < -0.39 is 10.0 Å². The van der Waals surface area contributed by atoms with Gasteiger partial charge in [0.2, 0.25) is 11.9 Å². The highest BCUT2D eigenvalue weighted by Gasteiger charge is 2.34. The van der Waals surface area contributed by atoms with E-state index in [4.69, 9.17) is 15.0 Å². The minimum atomic E-state index is -2.05. The number of benzene rings is 12. The molecular weight excluding hydrogens is 1030 g/mol. The molecule has 0 bridgehead atoms. The van der Waals surface area contributed by atoms with E-state index in [2.05, 4.69) is 316 Å². The van der Waals surface area contributed by atoms with Crippen molar-refractivity contribution in [1.82, 2.24) is 33.2 Å². The Hall–Kier alpha value is -10.8. The summed E-state index contributed by atoms with van der Waals surface area (Å²) in [6.45, 7) is 0. The summed E-state index contributed by atoms with van der Waals surface area (Å²) in [5.41, 5.74) is 11.7. The highest BCUT2D eigenvalue weighted by Crippen LogP contribution is 2.73. The number of hydrogen-bond acceptors (Lipinski definition) is 3. The molecule has 0 saturated carbocycles. The molecule has 0 aliphatic carbocycles. The van der Waals surface area contributed by atoms with Gasteiger partial charge in [-0.25, -0.2) is 0 Å². The van der Waals surface area contributed by atoms with E-state index in [-0.39, 0.29) is 0 Å². The van der Waals surface area contributed by atoms with Crippen LogP contribution in [0.2, 0.25) is 0 Å². The fourth-order valence-corrected chi connectivity index (χ4v) is 17.1. The largest absolute Gasteiger partial charge is 0.309 e. The first-order chi connectivity index (χ1) is 41.2. The third kappa shape index (κ3) is 7.10. The molecule has 0 atom stereocenters. The number of fused-ring (bicyclic) bond motifs is 12. The molecule has 5 heterocycles. The van der Waals surface area contributed by atoms with E-state index in [1.54, 1.807) is 0 Å². The lowest BCUT2D eigenvalue weighted by molar-refractivity contribution is 0.892. The Morgan fingerprint density at radius 3 is 0.892 bits per heavy atom. The van der Waals surface area contributed by atoms with Gasteiger partial charge < -0.3 is 9.13 Å². The Kier molecular flexibility index (Phi) is 10.6. The fourth-order valence-electron chi connectivity index (χ4n) is 13.2. The van der Waals surface area contributed by atoms with Gasteiger partial charge in [-0.15, -0.1) is 10.0 Å². The second-order valence-electron chi connectivity index (χ2n) is 21.2. The zero-order valence-electron chi connectivity index (χ0n) is 44.8. The first-order valence-electron chi connectivity index (χ1n) is 28.1. The van der Waals surface area contributed by atoms with Gasteiger partial charge in [-0.05, 0) is 121 Å². The first-order valence-corrected chi connectivity index (χ1v) is 29.7. The Labute approximate surface area is 479 Å². The average molecular weight is 1080 g/mol. The van der Waals surface area contributed by atoms with Gasteiger partial charge >= 0.3 is 0 Å². The predicted octanol–water partition coefficient (Wildman–Crippen LogP) is 19.3. The summed E-state index contributed by atoms with van der Waals surface area (Å²) in [4.78, 5) is 21.8. The lowest BCUT2D eigenvalue weighted by atomic mass is 10.1. The van der Waals surface area contributed by atoms with E-state index >= 15 is 0 Å². The van der Waals surface area contributed by atoms with Crippen LogP contribution in [-0.4, -0.2) is 33.2 Å². The molecule has 7 nitrogen and oxygen atoms in total. The van der Waals surface area contributed by atoms with Crippen LogP contribution < -0.4 is 0 Å². The lowest BCUT2D eigenvalue weighted by Gasteiger charge is -2.42. The molecule has 12 aromatic carbocycles. The SMILES string of the molecule is c1ccc(S(c2ccccc2)(c2ccccc2)c2cccc(-c3nc(-n4c5ccccc5c5cc(-n6c7ccccc7c7ccccc76)ccc54)nc(-n4c5ccccc5c5cc(-n6c7ccccc7c7ccccc76)ccc54)n3)c2)cc1. The van der Waals surface area contributed by atoms with Crippen molar-refractivity contribution in [3.8, 4) is 34.7 Å². The summed E-state index contributed by atoms with van der Waals surface area (Å²) >= 11 is 0. The minimum absolute atomic E-state index is 0.520. The highest BCUT2D eigenvalue weighted by molar-refractivity contribution is 8.34. The van der Waals surface area contributed by atoms with Gasteiger partial charge in [0.1, 0.15) is 0 Å². The van der Waals surface area contributed by atoms with Crippen LogP contribution in [-0.2, 0) is 0 Å². The van der Waals surface area contributed by atoms with Crippen molar-refractivity contribution >= 4 is 97.3 Å². The number of hydrogen-bond donors (Lipinski definition) is 0. The van der Waals surface area contributed by atoms with Gasteiger partial charge in [0.05, 0.1) is 44.1 Å². The Morgan fingerprint density at radius 2 is 0.518 bits per heavy atom. The standard InChI is InChI=1S/C75H49N7S/c1-4-24-53(25-5-1)83(54-26-6-2-7-27-54,55-28-8-3-9-29-55)56-30-22-23-50(47-56)73-76-74(81-69-41-20-14-35-61(69)63-48-51(43-45-71(63)81)79-65-37-16-10-31-57(65)58-32-11-17-38-66(58)79)78-75(77-73)82-70-42-21-15-36-62(70)64-49-52(44-46-72(64)82)80-67-39-18-12-33-59(67)60-34-13-19-40-68(60)80/h1-49H. The number of nitrogens with zero attached hydrogens (tertiary/aromatic N) is 7. The van der Waals surface area contributed by atoms with Crippen LogP contribution in [0.4, 0.5) is 0 Å². The van der Waals surface area contributed by atoms with Crippen molar-refractivity contribution in [3.05, 3.63) is 297 Å². The number of aromatic nitrogens is 7. The van der Waals surface area contributed by atoms with Crippen molar-refractivity contribution in [2.24, 2.45) is 0 Å². The van der Waals surface area contributed by atoms with Crippen molar-refractivity contribution in [2.75, 3.05) is 0 Å². The first kappa shape index (κ1) is 47.1. The third-order valence-electron chi connectivity index (χ3n) is 16.7. The third-order valence-corrected chi connectivity index (χ3v) is 20.6. The van der Waals surface area contributed by atoms with E-state index in [1.807, 2.05) is 0 Å². The van der Waals surface area contributed by atoms with Gasteiger partial charge in [0.15, 0.2) is 5.82 Å². The fraction of sp³-hybridized carbons (Fsp3) is 0. The van der Waals surface area contributed by atoms with E-state index in [9.17, 15) is 0 Å². The monoisotopic (exact) mass is 1080 g/mol. The Morgan fingerprint density at radius 1 is 0.217 bits per heavy atom. The van der Waals surface area contributed by atoms with Gasteiger partial charge in [0, 0.05) is 79.6 Å². The molecule has 8 heteroatoms. The van der Waals surface area contributed by atoms with Crippen molar-refractivity contribution in [3.63, 3.8) is 0 Å². The minimum Gasteiger partial charge on any atom is -0.309 e. The highest BCUT2D eigenvalue weighted by atomic mass is 32.3. The molecular formula is C75H49N7S. The average Bonchev–Trinajstić information content (AvgIpc) is 4.43. The van der Waals surface area contributed by atoms with Gasteiger partial charge in [-0.1, -0.05) is 176 Å². The van der Waals surface area contributed by atoms with Crippen LogP contribution in [0.15, 0.2) is 317 Å². The quantitative estimate of drug-likeness (QED) is 0.145. The normalized spacial score (nSPS) is 12.3. The molecule has 0 saturated heterocycles. The predicted molar refractivity (Wildman–Crippen MR) is 343 cm³/mol. The van der Waals surface area contributed by atoms with Crippen molar-refractivity contribution in [2.45, 2.75) is 19.6 Å². The van der Waals surface area contributed by atoms with E-state index in [0.29, 0.717) is 17.7 Å². The summed E-state index contributed by atoms with van der Waals surface area (Å²) in [6, 6.07) is 108. The molecule has 0 aliphatic heterocycles. The van der Waals surface area contributed by atoms with Gasteiger partial charge in [-0.2, -0.15) is 15.0 Å². The second-order valence-corrected chi connectivity index (χ2v) is 24.3. The zero-order valence-corrected chi connectivity index (χ0v) is 45.6. The van der Waals surface area contributed by atoms with Crippen LogP contribution in [0.5, 0.6) is 0 Å². The summed E-state index contributed by atoms with van der Waals surface area (Å²) in [5, 5.41) is 9.31. The van der Waals surface area contributed by atoms with Crippen LogP contribution in [0.3, 0.4) is 0 Å². The molecule has 0 radical (unpaired) electrons. The Balaban J connectivity index is 0.931. The lowest BCUT2D eigenvalue weighted by Crippen LogP contribution is -2.10. The maximum Gasteiger partial charge on any atom is 0.240 e. The number of para-hydroxylation sites is 6. The van der Waals surface area contributed by atoms with E-state index in [0.717, 1.165) is 82.6 Å². The van der Waals surface area contributed by atoms with Crippen molar-refractivity contribution in [1.29, 1.82) is 0 Å². The summed E-state index contributed by atoms with van der Waals surface area (Å²) < 4.78 is 9.25. The smallest absolute Gasteiger partial charge is 0.240 e. The van der Waals surface area contributed by atoms with Crippen LogP contribution >= 0.6 is 10.0 Å². The number of rotatable bonds is 9. The molecule has 83 heavy (non-hydrogen) atoms.